The molecule has 0 saturated heterocycles. The number of hydrogen-bond donors (Lipinski definition) is 1. The van der Waals surface area contributed by atoms with E-state index in [0.29, 0.717) is 11.1 Å². The van der Waals surface area contributed by atoms with Crippen LogP contribution in [0.3, 0.4) is 0 Å². The van der Waals surface area contributed by atoms with Crippen molar-refractivity contribution in [3.63, 3.8) is 0 Å². The van der Waals surface area contributed by atoms with Crippen molar-refractivity contribution in [1.29, 1.82) is 0 Å². The Balaban J connectivity index is 1.93. The monoisotopic (exact) mass is 340 g/mol. The van der Waals surface area contributed by atoms with Crippen LogP contribution in [0.5, 0.6) is 0 Å². The molecule has 1 aliphatic carbocycles. The third kappa shape index (κ3) is 2.99. The van der Waals surface area contributed by atoms with Crippen molar-refractivity contribution in [2.75, 3.05) is 0 Å². The van der Waals surface area contributed by atoms with E-state index in [1.54, 1.807) is 17.1 Å². The summed E-state index contributed by atoms with van der Waals surface area (Å²) in [7, 11) is 0. The van der Waals surface area contributed by atoms with E-state index in [2.05, 4.69) is 37.4 Å². The van der Waals surface area contributed by atoms with Gasteiger partial charge in [-0.25, -0.2) is 9.67 Å². The topological polar surface area (TPSA) is 42.7 Å². The number of rotatable bonds is 4. The first-order chi connectivity index (χ1) is 9.13. The molecule has 2 aromatic heterocycles. The van der Waals surface area contributed by atoms with E-state index in [4.69, 9.17) is 11.6 Å². The quantitative estimate of drug-likeness (QED) is 0.928. The first kappa shape index (κ1) is 13.1. The van der Waals surface area contributed by atoms with Crippen molar-refractivity contribution in [3.05, 3.63) is 39.2 Å². The zero-order chi connectivity index (χ0) is 13.4. The lowest BCUT2D eigenvalue weighted by Crippen LogP contribution is -2.17. The number of nitrogens with one attached hydrogen (secondary N) is 1. The standard InChI is InChI=1S/C13H14BrClN4/c1-8-12(15)7-19(18-8)13-9(4-10(14)6-17-13)5-16-11-2-3-11/h4,6-7,11,16H,2-3,5H2,1H3. The van der Waals surface area contributed by atoms with Crippen LogP contribution in [0.25, 0.3) is 5.82 Å². The van der Waals surface area contributed by atoms with Crippen molar-refractivity contribution in [3.8, 4) is 5.82 Å². The molecule has 0 radical (unpaired) electrons. The van der Waals surface area contributed by atoms with Gasteiger partial charge in [-0.15, -0.1) is 0 Å². The summed E-state index contributed by atoms with van der Waals surface area (Å²) in [4.78, 5) is 4.46. The average Bonchev–Trinajstić information content (AvgIpc) is 3.14. The van der Waals surface area contributed by atoms with E-state index < -0.39 is 0 Å². The van der Waals surface area contributed by atoms with Gasteiger partial charge in [0, 0.05) is 28.8 Å². The van der Waals surface area contributed by atoms with Crippen LogP contribution in [-0.2, 0) is 6.54 Å². The number of nitrogens with zero attached hydrogens (tertiary/aromatic N) is 3. The summed E-state index contributed by atoms with van der Waals surface area (Å²) in [5.41, 5.74) is 1.92. The number of halogens is 2. The smallest absolute Gasteiger partial charge is 0.157 e. The van der Waals surface area contributed by atoms with Gasteiger partial charge < -0.3 is 5.32 Å². The second-order valence-corrected chi connectivity index (χ2v) is 6.12. The molecule has 6 heteroatoms. The van der Waals surface area contributed by atoms with Crippen LogP contribution >= 0.6 is 27.5 Å². The number of pyridine rings is 1. The maximum atomic E-state index is 6.06. The predicted molar refractivity (Wildman–Crippen MR) is 78.7 cm³/mol. The van der Waals surface area contributed by atoms with Gasteiger partial charge in [-0.1, -0.05) is 11.6 Å². The number of aryl methyl sites for hydroxylation is 1. The van der Waals surface area contributed by atoms with E-state index in [-0.39, 0.29) is 0 Å². The molecule has 2 heterocycles. The van der Waals surface area contributed by atoms with Crippen molar-refractivity contribution >= 4 is 27.5 Å². The molecule has 0 bridgehead atoms. The van der Waals surface area contributed by atoms with Crippen molar-refractivity contribution in [1.82, 2.24) is 20.1 Å². The maximum absolute atomic E-state index is 6.06. The third-order valence-electron chi connectivity index (χ3n) is 3.12. The van der Waals surface area contributed by atoms with Gasteiger partial charge in [0.05, 0.1) is 16.9 Å². The molecular weight excluding hydrogens is 328 g/mol. The van der Waals surface area contributed by atoms with E-state index in [0.717, 1.165) is 28.1 Å². The van der Waals surface area contributed by atoms with E-state index >= 15 is 0 Å². The minimum absolute atomic E-state index is 0.658. The molecule has 1 saturated carbocycles. The van der Waals surface area contributed by atoms with Crippen LogP contribution in [0.4, 0.5) is 0 Å². The Bertz CT molecular complexity index is 587. The minimum atomic E-state index is 0.658. The Kier molecular flexibility index (Phi) is 3.60. The zero-order valence-electron chi connectivity index (χ0n) is 10.5. The molecule has 0 spiro atoms. The highest BCUT2D eigenvalue weighted by Crippen LogP contribution is 2.23. The maximum Gasteiger partial charge on any atom is 0.157 e. The number of aromatic nitrogens is 3. The second kappa shape index (κ2) is 5.23. The highest BCUT2D eigenvalue weighted by Gasteiger charge is 2.21. The van der Waals surface area contributed by atoms with Gasteiger partial charge in [0.25, 0.3) is 0 Å². The van der Waals surface area contributed by atoms with Crippen molar-refractivity contribution in [2.45, 2.75) is 32.4 Å². The summed E-state index contributed by atoms with van der Waals surface area (Å²) in [6.45, 7) is 2.68. The van der Waals surface area contributed by atoms with Gasteiger partial charge in [-0.2, -0.15) is 5.10 Å². The molecule has 0 atom stereocenters. The zero-order valence-corrected chi connectivity index (χ0v) is 12.9. The van der Waals surface area contributed by atoms with Gasteiger partial charge in [0.1, 0.15) is 0 Å². The van der Waals surface area contributed by atoms with Gasteiger partial charge in [-0.05, 0) is 41.8 Å². The molecule has 0 aliphatic heterocycles. The molecule has 3 rings (SSSR count). The van der Waals surface area contributed by atoms with Gasteiger partial charge >= 0.3 is 0 Å². The molecule has 0 amide bonds. The molecule has 0 unspecified atom stereocenters. The summed E-state index contributed by atoms with van der Waals surface area (Å²) in [5, 5.41) is 8.55. The van der Waals surface area contributed by atoms with Crippen LogP contribution in [-0.4, -0.2) is 20.8 Å². The van der Waals surface area contributed by atoms with E-state index in [1.807, 2.05) is 6.92 Å². The van der Waals surface area contributed by atoms with Gasteiger partial charge in [-0.3, -0.25) is 0 Å². The minimum Gasteiger partial charge on any atom is -0.310 e. The molecule has 4 nitrogen and oxygen atoms in total. The van der Waals surface area contributed by atoms with Crippen LogP contribution in [0.15, 0.2) is 22.9 Å². The fourth-order valence-electron chi connectivity index (χ4n) is 1.90. The van der Waals surface area contributed by atoms with Crippen molar-refractivity contribution in [2.24, 2.45) is 0 Å². The van der Waals surface area contributed by atoms with Crippen molar-refractivity contribution < 1.29 is 0 Å². The van der Waals surface area contributed by atoms with E-state index in [9.17, 15) is 0 Å². The largest absolute Gasteiger partial charge is 0.310 e. The van der Waals surface area contributed by atoms with Crippen LogP contribution in [0, 0.1) is 6.92 Å². The summed E-state index contributed by atoms with van der Waals surface area (Å²) in [6, 6.07) is 2.73. The Morgan fingerprint density at radius 1 is 1.53 bits per heavy atom. The SMILES string of the molecule is Cc1nn(-c2ncc(Br)cc2CNC2CC2)cc1Cl. The Labute approximate surface area is 125 Å². The Morgan fingerprint density at radius 2 is 2.32 bits per heavy atom. The Morgan fingerprint density at radius 3 is 2.95 bits per heavy atom. The van der Waals surface area contributed by atoms with Crippen LogP contribution in [0.2, 0.25) is 5.02 Å². The molecular formula is C13H14BrClN4. The van der Waals surface area contributed by atoms with Gasteiger partial charge in [0.15, 0.2) is 5.82 Å². The first-order valence-corrected chi connectivity index (χ1v) is 7.40. The average molecular weight is 342 g/mol. The summed E-state index contributed by atoms with van der Waals surface area (Å²) in [6.07, 6.45) is 6.11. The third-order valence-corrected chi connectivity index (χ3v) is 3.93. The lowest BCUT2D eigenvalue weighted by atomic mass is 10.2. The molecule has 2 aromatic rings. The Hall–Kier alpha value is -0.910. The molecule has 1 aliphatic rings. The normalized spacial score (nSPS) is 14.9. The second-order valence-electron chi connectivity index (χ2n) is 4.80. The highest BCUT2D eigenvalue weighted by atomic mass is 79.9. The fraction of sp³-hybridized carbons (Fsp3) is 0.385. The van der Waals surface area contributed by atoms with Crippen LogP contribution < -0.4 is 5.32 Å². The predicted octanol–water partition coefficient (Wildman–Crippen LogP) is 3.24. The lowest BCUT2D eigenvalue weighted by molar-refractivity contribution is 0.675. The fourth-order valence-corrected chi connectivity index (χ4v) is 2.41. The molecule has 19 heavy (non-hydrogen) atoms. The van der Waals surface area contributed by atoms with E-state index in [1.165, 1.54) is 12.8 Å². The highest BCUT2D eigenvalue weighted by molar-refractivity contribution is 9.10. The first-order valence-electron chi connectivity index (χ1n) is 6.23. The summed E-state index contributed by atoms with van der Waals surface area (Å²) < 4.78 is 2.72. The summed E-state index contributed by atoms with van der Waals surface area (Å²) in [5.74, 6) is 0.825. The molecule has 1 fully saturated rings. The van der Waals surface area contributed by atoms with Gasteiger partial charge in [0.2, 0.25) is 0 Å². The number of hydrogen-bond acceptors (Lipinski definition) is 3. The molecule has 100 valence electrons. The molecule has 1 N–H and O–H groups in total. The molecule has 0 aromatic carbocycles. The summed E-state index contributed by atoms with van der Waals surface area (Å²) >= 11 is 9.53. The van der Waals surface area contributed by atoms with Crippen LogP contribution in [0.1, 0.15) is 24.1 Å². The lowest BCUT2D eigenvalue weighted by Gasteiger charge is -2.09.